The van der Waals surface area contributed by atoms with E-state index in [1.807, 2.05) is 0 Å². The molecule has 0 aliphatic carbocycles. The van der Waals surface area contributed by atoms with E-state index in [9.17, 15) is 13.2 Å². The molecule has 0 aliphatic rings. The van der Waals surface area contributed by atoms with Crippen LogP contribution in [0.1, 0.15) is 32.4 Å². The zero-order valence-electron chi connectivity index (χ0n) is 12.9. The third kappa shape index (κ3) is 7.77. The lowest BCUT2D eigenvalue weighted by molar-refractivity contribution is 0.0487. The van der Waals surface area contributed by atoms with Crippen LogP contribution in [0, 0.1) is 0 Å². The Kier molecular flexibility index (Phi) is 6.39. The SMILES string of the molecule is CC(C)(C)OC(=O)N[C@@H](COS(C)(=O)=O)c1ccc(Br)cc1. The summed E-state index contributed by atoms with van der Waals surface area (Å²) in [6.07, 6.45) is 0.316. The molecule has 1 aromatic carbocycles. The van der Waals surface area contributed by atoms with E-state index in [4.69, 9.17) is 8.92 Å². The van der Waals surface area contributed by atoms with E-state index in [-0.39, 0.29) is 6.61 Å². The lowest BCUT2D eigenvalue weighted by atomic mass is 10.1. The fourth-order valence-corrected chi connectivity index (χ4v) is 2.21. The molecular formula is C14H20BrNO5S. The van der Waals surface area contributed by atoms with E-state index in [0.29, 0.717) is 5.56 Å². The van der Waals surface area contributed by atoms with Gasteiger partial charge in [0.15, 0.2) is 0 Å². The molecule has 1 atom stereocenters. The van der Waals surface area contributed by atoms with Crippen LogP contribution in [-0.4, -0.2) is 33.0 Å². The minimum atomic E-state index is -3.61. The highest BCUT2D eigenvalue weighted by molar-refractivity contribution is 9.10. The van der Waals surface area contributed by atoms with E-state index >= 15 is 0 Å². The zero-order valence-corrected chi connectivity index (χ0v) is 15.3. The van der Waals surface area contributed by atoms with E-state index < -0.39 is 27.9 Å². The fraction of sp³-hybridized carbons (Fsp3) is 0.500. The van der Waals surface area contributed by atoms with Crippen molar-refractivity contribution in [1.29, 1.82) is 0 Å². The zero-order chi connectivity index (χ0) is 17.0. The van der Waals surface area contributed by atoms with Crippen LogP contribution >= 0.6 is 15.9 Å². The van der Waals surface area contributed by atoms with Crippen molar-refractivity contribution in [3.63, 3.8) is 0 Å². The molecule has 8 heteroatoms. The normalized spacial score (nSPS) is 13.5. The van der Waals surface area contributed by atoms with Crippen LogP contribution in [0.2, 0.25) is 0 Å². The molecule has 0 aliphatic heterocycles. The number of hydrogen-bond donors (Lipinski definition) is 1. The maximum Gasteiger partial charge on any atom is 0.408 e. The Labute approximate surface area is 139 Å². The number of benzene rings is 1. The average molecular weight is 394 g/mol. The molecule has 1 N–H and O–H groups in total. The number of ether oxygens (including phenoxy) is 1. The van der Waals surface area contributed by atoms with Gasteiger partial charge in [-0.15, -0.1) is 0 Å². The summed E-state index contributed by atoms with van der Waals surface area (Å²) in [7, 11) is -3.61. The molecule has 6 nitrogen and oxygen atoms in total. The smallest absolute Gasteiger partial charge is 0.408 e. The van der Waals surface area contributed by atoms with Gasteiger partial charge in [-0.1, -0.05) is 28.1 Å². The Morgan fingerprint density at radius 3 is 2.27 bits per heavy atom. The second-order valence-corrected chi connectivity index (χ2v) is 8.30. The molecule has 0 fully saturated rings. The molecule has 0 spiro atoms. The van der Waals surface area contributed by atoms with Crippen molar-refractivity contribution < 1.29 is 22.1 Å². The van der Waals surface area contributed by atoms with Gasteiger partial charge in [0.1, 0.15) is 5.60 Å². The van der Waals surface area contributed by atoms with Gasteiger partial charge in [0.05, 0.1) is 18.9 Å². The standard InChI is InChI=1S/C14H20BrNO5S/c1-14(2,3)21-13(17)16-12(9-20-22(4,18)19)10-5-7-11(15)8-6-10/h5-8,12H,9H2,1-4H3,(H,16,17)/t12-/m0/s1. The molecule has 0 heterocycles. The molecule has 0 bridgehead atoms. The van der Waals surface area contributed by atoms with E-state index in [2.05, 4.69) is 21.2 Å². The van der Waals surface area contributed by atoms with Crippen molar-refractivity contribution in [2.45, 2.75) is 32.4 Å². The third-order valence-corrected chi connectivity index (χ3v) is 3.51. The van der Waals surface area contributed by atoms with Crippen molar-refractivity contribution >= 4 is 32.1 Å². The monoisotopic (exact) mass is 393 g/mol. The Hall–Kier alpha value is -1.12. The minimum Gasteiger partial charge on any atom is -0.444 e. The van der Waals surface area contributed by atoms with E-state index in [1.54, 1.807) is 45.0 Å². The number of carbonyl (C=O) groups is 1. The van der Waals surface area contributed by atoms with Crippen molar-refractivity contribution in [2.24, 2.45) is 0 Å². The fourth-order valence-electron chi connectivity index (χ4n) is 1.56. The first-order valence-electron chi connectivity index (χ1n) is 6.56. The molecule has 1 amide bonds. The van der Waals surface area contributed by atoms with Gasteiger partial charge in [-0.25, -0.2) is 4.79 Å². The number of halogens is 1. The summed E-state index contributed by atoms with van der Waals surface area (Å²) >= 11 is 3.32. The van der Waals surface area contributed by atoms with Gasteiger partial charge < -0.3 is 10.1 Å². The van der Waals surface area contributed by atoms with Gasteiger partial charge in [-0.3, -0.25) is 4.18 Å². The quantitative estimate of drug-likeness (QED) is 0.777. The Morgan fingerprint density at radius 2 is 1.82 bits per heavy atom. The number of carbonyl (C=O) groups excluding carboxylic acids is 1. The summed E-state index contributed by atoms with van der Waals surface area (Å²) in [6, 6.07) is 6.46. The molecule has 0 aromatic heterocycles. The first-order chi connectivity index (χ1) is 9.96. The Morgan fingerprint density at radius 1 is 1.27 bits per heavy atom. The largest absolute Gasteiger partial charge is 0.444 e. The Bertz CT molecular complexity index is 607. The molecular weight excluding hydrogens is 374 g/mol. The molecule has 0 radical (unpaired) electrons. The van der Waals surface area contributed by atoms with Gasteiger partial charge in [-0.2, -0.15) is 8.42 Å². The van der Waals surface area contributed by atoms with Crippen molar-refractivity contribution in [2.75, 3.05) is 12.9 Å². The van der Waals surface area contributed by atoms with Crippen LogP contribution in [0.15, 0.2) is 28.7 Å². The number of nitrogens with one attached hydrogen (secondary N) is 1. The van der Waals surface area contributed by atoms with Crippen LogP contribution in [0.25, 0.3) is 0 Å². The first kappa shape index (κ1) is 18.9. The van der Waals surface area contributed by atoms with Gasteiger partial charge >= 0.3 is 6.09 Å². The van der Waals surface area contributed by atoms with Gasteiger partial charge in [0.2, 0.25) is 0 Å². The summed E-state index contributed by atoms with van der Waals surface area (Å²) < 4.78 is 33.2. The molecule has 0 saturated carbocycles. The molecule has 1 rings (SSSR count). The summed E-state index contributed by atoms with van der Waals surface area (Å²) in [5, 5.41) is 2.62. The molecule has 1 aromatic rings. The van der Waals surface area contributed by atoms with Crippen LogP contribution in [-0.2, 0) is 19.0 Å². The van der Waals surface area contributed by atoms with Crippen LogP contribution in [0.3, 0.4) is 0 Å². The highest BCUT2D eigenvalue weighted by atomic mass is 79.9. The molecule has 0 unspecified atom stereocenters. The average Bonchev–Trinajstić information content (AvgIpc) is 2.32. The van der Waals surface area contributed by atoms with Crippen molar-refractivity contribution in [3.8, 4) is 0 Å². The van der Waals surface area contributed by atoms with Crippen molar-refractivity contribution in [1.82, 2.24) is 5.32 Å². The predicted octanol–water partition coefficient (Wildman–Crippen LogP) is 2.99. The Balaban J connectivity index is 2.86. The lowest BCUT2D eigenvalue weighted by Crippen LogP contribution is -2.37. The predicted molar refractivity (Wildman–Crippen MR) is 87.0 cm³/mol. The number of amides is 1. The first-order valence-corrected chi connectivity index (χ1v) is 9.16. The summed E-state index contributed by atoms with van der Waals surface area (Å²) in [6.45, 7) is 5.02. The van der Waals surface area contributed by atoms with Gasteiger partial charge in [0, 0.05) is 4.47 Å². The highest BCUT2D eigenvalue weighted by Crippen LogP contribution is 2.19. The molecule has 0 saturated heterocycles. The molecule has 22 heavy (non-hydrogen) atoms. The summed E-state index contributed by atoms with van der Waals surface area (Å²) in [5.74, 6) is 0. The highest BCUT2D eigenvalue weighted by Gasteiger charge is 2.22. The third-order valence-electron chi connectivity index (χ3n) is 2.41. The van der Waals surface area contributed by atoms with E-state index in [1.165, 1.54) is 0 Å². The maximum atomic E-state index is 11.9. The number of alkyl carbamates (subject to hydrolysis) is 1. The van der Waals surface area contributed by atoms with Crippen LogP contribution < -0.4 is 5.32 Å². The summed E-state index contributed by atoms with van der Waals surface area (Å²) in [4.78, 5) is 11.9. The van der Waals surface area contributed by atoms with Crippen LogP contribution in [0.5, 0.6) is 0 Å². The number of hydrogen-bond acceptors (Lipinski definition) is 5. The maximum absolute atomic E-state index is 11.9. The lowest BCUT2D eigenvalue weighted by Gasteiger charge is -2.23. The minimum absolute atomic E-state index is 0.209. The number of rotatable bonds is 5. The second kappa shape index (κ2) is 7.43. The van der Waals surface area contributed by atoms with Crippen LogP contribution in [0.4, 0.5) is 4.79 Å². The van der Waals surface area contributed by atoms with Gasteiger partial charge in [0.25, 0.3) is 10.1 Å². The molecule has 124 valence electrons. The van der Waals surface area contributed by atoms with Crippen molar-refractivity contribution in [3.05, 3.63) is 34.3 Å². The summed E-state index contributed by atoms with van der Waals surface area (Å²) in [5.41, 5.74) is 0.0594. The van der Waals surface area contributed by atoms with E-state index in [0.717, 1.165) is 10.7 Å². The van der Waals surface area contributed by atoms with Gasteiger partial charge in [-0.05, 0) is 38.5 Å². The topological polar surface area (TPSA) is 81.7 Å². The second-order valence-electron chi connectivity index (χ2n) is 5.74.